The lowest BCUT2D eigenvalue weighted by Gasteiger charge is -2.40. The highest BCUT2D eigenvalue weighted by Crippen LogP contribution is 2.51. The van der Waals surface area contributed by atoms with Crippen molar-refractivity contribution in [3.8, 4) is 0 Å². The van der Waals surface area contributed by atoms with Gasteiger partial charge in [0, 0.05) is 12.3 Å². The van der Waals surface area contributed by atoms with Crippen molar-refractivity contribution in [3.63, 3.8) is 0 Å². The van der Waals surface area contributed by atoms with E-state index in [0.717, 1.165) is 13.1 Å². The minimum absolute atomic E-state index is 0.327. The van der Waals surface area contributed by atoms with Crippen molar-refractivity contribution in [2.75, 3.05) is 13.1 Å². The van der Waals surface area contributed by atoms with E-state index in [0.29, 0.717) is 5.41 Å². The Morgan fingerprint density at radius 3 is 2.79 bits per heavy atom. The summed E-state index contributed by atoms with van der Waals surface area (Å²) in [6, 6.07) is 4.20. The fourth-order valence-corrected chi connectivity index (χ4v) is 4.43. The first-order chi connectivity index (χ1) is 9.21. The Kier molecular flexibility index (Phi) is 2.39. The van der Waals surface area contributed by atoms with Crippen molar-refractivity contribution >= 4 is 11.3 Å². The second-order valence-corrected chi connectivity index (χ2v) is 6.32. The minimum atomic E-state index is 0.327. The number of hydrogen-bond acceptors (Lipinski definition) is 1. The normalized spacial score (nSPS) is 31.7. The molecule has 1 aromatic heterocycles. The van der Waals surface area contributed by atoms with Crippen molar-refractivity contribution in [3.05, 3.63) is 43.8 Å². The summed E-state index contributed by atoms with van der Waals surface area (Å²) in [5.41, 5.74) is 5.77. The molecule has 1 aromatic rings. The highest BCUT2D eigenvalue weighted by atomic mass is 15.2. The minimum Gasteiger partial charge on any atom is -0.459 e. The van der Waals surface area contributed by atoms with Gasteiger partial charge in [-0.1, -0.05) is 12.8 Å². The summed E-state index contributed by atoms with van der Waals surface area (Å²) in [6.45, 7) is 2.17. The zero-order chi connectivity index (χ0) is 13.0. The first kappa shape index (κ1) is 11.6. The maximum absolute atomic E-state index is 4.69. The fourth-order valence-electron chi connectivity index (χ4n) is 4.43. The van der Waals surface area contributed by atoms with E-state index in [2.05, 4.69) is 25.1 Å². The average molecular weight is 255 g/mol. The monoisotopic (exact) mass is 255 g/mol. The number of quaternary nitrogens is 2. The van der Waals surface area contributed by atoms with Crippen LogP contribution in [0.1, 0.15) is 31.4 Å². The van der Waals surface area contributed by atoms with Gasteiger partial charge < -0.3 is 9.80 Å². The number of rotatable bonds is 0. The van der Waals surface area contributed by atoms with E-state index < -0.39 is 0 Å². The molecule has 2 atom stereocenters. The van der Waals surface area contributed by atoms with Crippen LogP contribution in [0.15, 0.2) is 24.0 Å². The third-order valence-electron chi connectivity index (χ3n) is 5.14. The van der Waals surface area contributed by atoms with Gasteiger partial charge in [0.15, 0.2) is 0 Å². The molecule has 0 saturated heterocycles. The second kappa shape index (κ2) is 3.90. The standard InChI is InChI=1S/C16H21N3/c1-18-10-13-14(16(11-18)7-3-4-8-16)15-12(19(13)2)6-5-9-17-15/h5-6,9,18-19H,1-4,7-8,10-11H2. The van der Waals surface area contributed by atoms with Gasteiger partial charge in [-0.05, 0) is 18.9 Å². The lowest BCUT2D eigenvalue weighted by atomic mass is 9.74. The first-order valence-electron chi connectivity index (χ1n) is 7.27. The highest BCUT2D eigenvalue weighted by molar-refractivity contribution is 5.79. The Morgan fingerprint density at radius 2 is 2.00 bits per heavy atom. The molecule has 1 aliphatic carbocycles. The first-order valence-corrected chi connectivity index (χ1v) is 7.27. The summed E-state index contributed by atoms with van der Waals surface area (Å²) in [5, 5.41) is 0. The van der Waals surface area contributed by atoms with Crippen LogP contribution >= 0.6 is 0 Å². The Hall–Kier alpha value is -1.19. The summed E-state index contributed by atoms with van der Waals surface area (Å²) < 4.78 is 0. The van der Waals surface area contributed by atoms with Crippen LogP contribution in [0.3, 0.4) is 0 Å². The summed E-state index contributed by atoms with van der Waals surface area (Å²) in [4.78, 5) is 7.27. The van der Waals surface area contributed by atoms with Crippen molar-refractivity contribution in [2.24, 2.45) is 5.41 Å². The molecule has 0 amide bonds. The van der Waals surface area contributed by atoms with E-state index in [4.69, 9.17) is 0 Å². The zero-order valence-electron chi connectivity index (χ0n) is 11.3. The maximum Gasteiger partial charge on any atom is 0.145 e. The molecular formula is C16H21N3. The molecule has 0 aromatic carbocycles. The molecule has 3 heterocycles. The van der Waals surface area contributed by atoms with Crippen LogP contribution in [0, 0.1) is 19.5 Å². The van der Waals surface area contributed by atoms with Crippen LogP contribution in [-0.4, -0.2) is 18.1 Å². The summed E-state index contributed by atoms with van der Waals surface area (Å²) in [6.07, 6.45) is 7.22. The second-order valence-electron chi connectivity index (χ2n) is 6.32. The number of aromatic nitrogens is 1. The molecule has 3 heteroatoms. The van der Waals surface area contributed by atoms with Crippen LogP contribution in [0.2, 0.25) is 0 Å². The van der Waals surface area contributed by atoms with Crippen LogP contribution in [0.4, 0.5) is 5.69 Å². The lowest BCUT2D eigenvalue weighted by molar-refractivity contribution is -0.878. The number of fused-ring (bicyclic) bond motifs is 3. The Bertz CT molecular complexity index is 555. The molecule has 1 fully saturated rings. The predicted molar refractivity (Wildman–Crippen MR) is 74.1 cm³/mol. The van der Waals surface area contributed by atoms with Gasteiger partial charge in [-0.25, -0.2) is 0 Å². The zero-order valence-corrected chi connectivity index (χ0v) is 11.3. The Balaban J connectivity index is 1.93. The number of pyridine rings is 1. The number of hydrogen-bond donors (Lipinski definition) is 2. The molecule has 100 valence electrons. The third kappa shape index (κ3) is 1.49. The third-order valence-corrected chi connectivity index (χ3v) is 5.14. The number of nitrogens with zero attached hydrogens (tertiary/aromatic N) is 1. The predicted octanol–water partition coefficient (Wildman–Crippen LogP) is 0.365. The smallest absolute Gasteiger partial charge is 0.145 e. The van der Waals surface area contributed by atoms with Crippen LogP contribution in [0.5, 0.6) is 0 Å². The molecule has 1 saturated carbocycles. The van der Waals surface area contributed by atoms with Gasteiger partial charge in [-0.15, -0.1) is 7.05 Å². The molecule has 1 spiro atoms. The van der Waals surface area contributed by atoms with Crippen molar-refractivity contribution < 1.29 is 9.80 Å². The van der Waals surface area contributed by atoms with Gasteiger partial charge in [0.05, 0.1) is 17.5 Å². The van der Waals surface area contributed by atoms with Crippen molar-refractivity contribution in [2.45, 2.75) is 25.7 Å². The van der Waals surface area contributed by atoms with Gasteiger partial charge in [-0.3, -0.25) is 4.98 Å². The van der Waals surface area contributed by atoms with E-state index in [1.165, 1.54) is 58.1 Å². The number of nitrogens with one attached hydrogen (secondary N) is 2. The average Bonchev–Trinajstić information content (AvgIpc) is 2.96. The van der Waals surface area contributed by atoms with E-state index in [-0.39, 0.29) is 0 Å². The molecular weight excluding hydrogens is 234 g/mol. The summed E-state index contributed by atoms with van der Waals surface area (Å²) >= 11 is 0. The largest absolute Gasteiger partial charge is 0.459 e. The van der Waals surface area contributed by atoms with E-state index in [1.54, 1.807) is 0 Å². The molecule has 3 aliphatic rings. The van der Waals surface area contributed by atoms with E-state index >= 15 is 0 Å². The van der Waals surface area contributed by atoms with Gasteiger partial charge in [0.25, 0.3) is 0 Å². The molecule has 19 heavy (non-hydrogen) atoms. The molecule has 2 N–H and O–H groups in total. The Morgan fingerprint density at radius 1 is 1.21 bits per heavy atom. The van der Waals surface area contributed by atoms with Crippen molar-refractivity contribution in [1.29, 1.82) is 0 Å². The van der Waals surface area contributed by atoms with Crippen LogP contribution in [-0.2, 0) is 0 Å². The summed E-state index contributed by atoms with van der Waals surface area (Å²) in [7, 11) is 8.62. The van der Waals surface area contributed by atoms with Gasteiger partial charge in [-0.2, -0.15) is 7.05 Å². The topological polar surface area (TPSA) is 21.8 Å². The van der Waals surface area contributed by atoms with Crippen LogP contribution < -0.4 is 9.80 Å². The molecule has 2 aliphatic heterocycles. The van der Waals surface area contributed by atoms with Crippen molar-refractivity contribution in [1.82, 2.24) is 4.98 Å². The fraction of sp³-hybridized carbons (Fsp3) is 0.438. The van der Waals surface area contributed by atoms with Crippen LogP contribution in [0.25, 0.3) is 5.57 Å². The quantitative estimate of drug-likeness (QED) is 0.642. The van der Waals surface area contributed by atoms with Gasteiger partial charge in [0.1, 0.15) is 23.6 Å². The SMILES string of the molecule is [CH2-][NH+]1CC2=C(c3ncccc3[NH+]2[CH2-])C2(CCCC2)C1. The summed E-state index contributed by atoms with van der Waals surface area (Å²) in [5.74, 6) is 0. The van der Waals surface area contributed by atoms with Gasteiger partial charge in [0.2, 0.25) is 0 Å². The Labute approximate surface area is 114 Å². The van der Waals surface area contributed by atoms with E-state index in [1.807, 2.05) is 12.3 Å². The highest BCUT2D eigenvalue weighted by Gasteiger charge is 2.50. The lowest BCUT2D eigenvalue weighted by Crippen LogP contribution is -3.14. The molecule has 0 radical (unpaired) electrons. The molecule has 2 unspecified atom stereocenters. The van der Waals surface area contributed by atoms with Gasteiger partial charge >= 0.3 is 0 Å². The maximum atomic E-state index is 4.69. The van der Waals surface area contributed by atoms with E-state index in [9.17, 15) is 0 Å². The molecule has 0 bridgehead atoms. The molecule has 4 rings (SSSR count). The molecule has 3 nitrogen and oxygen atoms in total.